The van der Waals surface area contributed by atoms with Crippen molar-refractivity contribution >= 4 is 5.91 Å². The molecule has 3 atom stereocenters. The zero-order chi connectivity index (χ0) is 17.8. The zero-order valence-corrected chi connectivity index (χ0v) is 14.3. The highest BCUT2D eigenvalue weighted by atomic mass is 16.5. The number of ether oxygens (including phenoxy) is 2. The number of nitrogens with zero attached hydrogens (tertiary/aromatic N) is 2. The Kier molecular flexibility index (Phi) is 5.30. The van der Waals surface area contributed by atoms with E-state index in [4.69, 9.17) is 19.7 Å². The van der Waals surface area contributed by atoms with Crippen molar-refractivity contribution in [1.29, 1.82) is 0 Å². The summed E-state index contributed by atoms with van der Waals surface area (Å²) in [7, 11) is 1.58. The second kappa shape index (κ2) is 7.62. The van der Waals surface area contributed by atoms with E-state index in [1.807, 2.05) is 24.3 Å². The molecule has 1 aromatic carbocycles. The van der Waals surface area contributed by atoms with Gasteiger partial charge in [0, 0.05) is 6.54 Å². The van der Waals surface area contributed by atoms with Gasteiger partial charge in [-0.3, -0.25) is 4.79 Å². The summed E-state index contributed by atoms with van der Waals surface area (Å²) in [5.41, 5.74) is 6.30. The lowest BCUT2D eigenvalue weighted by Crippen LogP contribution is -2.37. The summed E-state index contributed by atoms with van der Waals surface area (Å²) >= 11 is 0. The summed E-state index contributed by atoms with van der Waals surface area (Å²) < 4.78 is 16.2. The van der Waals surface area contributed by atoms with Crippen molar-refractivity contribution in [3.8, 4) is 17.1 Å². The molecule has 2 aromatic rings. The molecular formula is C17H22N4O4. The Bertz CT molecular complexity index is 733. The van der Waals surface area contributed by atoms with E-state index in [0.717, 1.165) is 12.0 Å². The van der Waals surface area contributed by atoms with Gasteiger partial charge in [0.1, 0.15) is 17.9 Å². The molecule has 0 radical (unpaired) electrons. The Balaban J connectivity index is 1.67. The van der Waals surface area contributed by atoms with E-state index in [2.05, 4.69) is 15.5 Å². The fourth-order valence-corrected chi connectivity index (χ4v) is 2.79. The van der Waals surface area contributed by atoms with Crippen LogP contribution in [0.1, 0.15) is 31.7 Å². The van der Waals surface area contributed by atoms with Crippen LogP contribution in [0.25, 0.3) is 11.4 Å². The molecular weight excluding hydrogens is 324 g/mol. The van der Waals surface area contributed by atoms with Gasteiger partial charge in [0.25, 0.3) is 0 Å². The Morgan fingerprint density at radius 2 is 2.24 bits per heavy atom. The van der Waals surface area contributed by atoms with Crippen LogP contribution in [0.2, 0.25) is 0 Å². The molecule has 0 spiro atoms. The van der Waals surface area contributed by atoms with Gasteiger partial charge in [0.2, 0.25) is 17.6 Å². The minimum absolute atomic E-state index is 0.0494. The second-order valence-corrected chi connectivity index (χ2v) is 5.95. The number of nitrogens with two attached hydrogens (primary N) is 1. The summed E-state index contributed by atoms with van der Waals surface area (Å²) in [5, 5.41) is 6.82. The SMILES string of the molecule is COc1ccccc1-c1noc(C(C)NC(=O)[C@@H]2CC[C@H](CN)O2)n1. The van der Waals surface area contributed by atoms with E-state index >= 15 is 0 Å². The average Bonchev–Trinajstić information content (AvgIpc) is 3.31. The first kappa shape index (κ1) is 17.4. The highest BCUT2D eigenvalue weighted by molar-refractivity contribution is 5.81. The molecule has 1 aliphatic rings. The number of nitrogens with one attached hydrogen (secondary N) is 1. The topological polar surface area (TPSA) is 113 Å². The molecule has 25 heavy (non-hydrogen) atoms. The minimum atomic E-state index is -0.479. The van der Waals surface area contributed by atoms with Gasteiger partial charge in [-0.15, -0.1) is 0 Å². The number of aromatic nitrogens is 2. The van der Waals surface area contributed by atoms with Gasteiger partial charge in [-0.1, -0.05) is 17.3 Å². The molecule has 1 amide bonds. The standard InChI is InChI=1S/C17H22N4O4/c1-10(19-16(22)14-8-7-11(9-18)24-14)17-20-15(21-25-17)12-5-3-4-6-13(12)23-2/h3-6,10-11,14H,7-9,18H2,1-2H3,(H,19,22)/t10?,11-,14+/m1/s1. The maximum Gasteiger partial charge on any atom is 0.249 e. The molecule has 0 saturated carbocycles. The predicted octanol–water partition coefficient (Wildman–Crippen LogP) is 1.43. The number of hydrogen-bond donors (Lipinski definition) is 2. The van der Waals surface area contributed by atoms with Gasteiger partial charge in [0.15, 0.2) is 0 Å². The first-order valence-corrected chi connectivity index (χ1v) is 8.25. The van der Waals surface area contributed by atoms with E-state index in [1.54, 1.807) is 14.0 Å². The Labute approximate surface area is 145 Å². The first-order valence-electron chi connectivity index (χ1n) is 8.25. The predicted molar refractivity (Wildman–Crippen MR) is 89.8 cm³/mol. The van der Waals surface area contributed by atoms with Crippen LogP contribution in [0, 0.1) is 0 Å². The smallest absolute Gasteiger partial charge is 0.249 e. The number of methoxy groups -OCH3 is 1. The normalized spacial score (nSPS) is 21.1. The highest BCUT2D eigenvalue weighted by Gasteiger charge is 2.31. The van der Waals surface area contributed by atoms with Crippen LogP contribution in [0.3, 0.4) is 0 Å². The maximum atomic E-state index is 12.3. The summed E-state index contributed by atoms with van der Waals surface area (Å²) in [6.07, 6.45) is 0.928. The van der Waals surface area contributed by atoms with Gasteiger partial charge >= 0.3 is 0 Å². The molecule has 8 heteroatoms. The second-order valence-electron chi connectivity index (χ2n) is 5.95. The molecule has 8 nitrogen and oxygen atoms in total. The van der Waals surface area contributed by atoms with Gasteiger partial charge < -0.3 is 25.0 Å². The lowest BCUT2D eigenvalue weighted by atomic mass is 10.2. The van der Waals surface area contributed by atoms with Gasteiger partial charge in [-0.2, -0.15) is 4.98 Å². The fraction of sp³-hybridized carbons (Fsp3) is 0.471. The Hall–Kier alpha value is -2.45. The van der Waals surface area contributed by atoms with Crippen molar-refractivity contribution in [3.63, 3.8) is 0 Å². The molecule has 3 rings (SSSR count). The van der Waals surface area contributed by atoms with Gasteiger partial charge in [-0.05, 0) is 31.9 Å². The van der Waals surface area contributed by atoms with E-state index in [1.165, 1.54) is 0 Å². The Morgan fingerprint density at radius 1 is 1.44 bits per heavy atom. The molecule has 134 valence electrons. The summed E-state index contributed by atoms with van der Waals surface area (Å²) in [5.74, 6) is 1.19. The van der Waals surface area contributed by atoms with Crippen LogP contribution in [-0.4, -0.2) is 41.9 Å². The van der Waals surface area contributed by atoms with E-state index in [-0.39, 0.29) is 12.0 Å². The van der Waals surface area contributed by atoms with Crippen molar-refractivity contribution in [2.45, 2.75) is 38.0 Å². The van der Waals surface area contributed by atoms with E-state index < -0.39 is 12.1 Å². The van der Waals surface area contributed by atoms with Crippen molar-refractivity contribution in [2.24, 2.45) is 5.73 Å². The quantitative estimate of drug-likeness (QED) is 0.813. The third-order valence-corrected chi connectivity index (χ3v) is 4.18. The number of hydrogen-bond acceptors (Lipinski definition) is 7. The lowest BCUT2D eigenvalue weighted by Gasteiger charge is -2.15. The number of benzene rings is 1. The molecule has 1 fully saturated rings. The summed E-state index contributed by atoms with van der Waals surface area (Å²) in [4.78, 5) is 16.6. The summed E-state index contributed by atoms with van der Waals surface area (Å²) in [6, 6.07) is 6.97. The molecule has 1 aliphatic heterocycles. The molecule has 1 aromatic heterocycles. The molecule has 0 aliphatic carbocycles. The first-order chi connectivity index (χ1) is 12.1. The van der Waals surface area contributed by atoms with Crippen molar-refractivity contribution in [2.75, 3.05) is 13.7 Å². The van der Waals surface area contributed by atoms with Crippen LogP contribution in [0.4, 0.5) is 0 Å². The van der Waals surface area contributed by atoms with E-state index in [0.29, 0.717) is 30.4 Å². The van der Waals surface area contributed by atoms with Crippen LogP contribution in [0.5, 0.6) is 5.75 Å². The lowest BCUT2D eigenvalue weighted by molar-refractivity contribution is -0.132. The molecule has 0 bridgehead atoms. The molecule has 1 unspecified atom stereocenters. The van der Waals surface area contributed by atoms with Crippen molar-refractivity contribution in [3.05, 3.63) is 30.2 Å². The monoisotopic (exact) mass is 346 g/mol. The van der Waals surface area contributed by atoms with Gasteiger partial charge in [0.05, 0.1) is 18.8 Å². The van der Waals surface area contributed by atoms with E-state index in [9.17, 15) is 4.79 Å². The minimum Gasteiger partial charge on any atom is -0.496 e. The number of amides is 1. The third-order valence-electron chi connectivity index (χ3n) is 4.18. The fourth-order valence-electron chi connectivity index (χ4n) is 2.79. The molecule has 3 N–H and O–H groups in total. The Morgan fingerprint density at radius 3 is 2.96 bits per heavy atom. The average molecular weight is 346 g/mol. The number of para-hydroxylation sites is 1. The van der Waals surface area contributed by atoms with Crippen LogP contribution < -0.4 is 15.8 Å². The number of carbonyl (C=O) groups is 1. The number of carbonyl (C=O) groups excluding carboxylic acids is 1. The number of rotatable bonds is 6. The van der Waals surface area contributed by atoms with Crippen molar-refractivity contribution < 1.29 is 18.8 Å². The largest absolute Gasteiger partial charge is 0.496 e. The summed E-state index contributed by atoms with van der Waals surface area (Å²) in [6.45, 7) is 2.21. The van der Waals surface area contributed by atoms with Crippen LogP contribution in [-0.2, 0) is 9.53 Å². The highest BCUT2D eigenvalue weighted by Crippen LogP contribution is 2.28. The molecule has 1 saturated heterocycles. The van der Waals surface area contributed by atoms with Gasteiger partial charge in [-0.25, -0.2) is 0 Å². The molecule has 2 heterocycles. The zero-order valence-electron chi connectivity index (χ0n) is 14.3. The maximum absolute atomic E-state index is 12.3. The van der Waals surface area contributed by atoms with Crippen molar-refractivity contribution in [1.82, 2.24) is 15.5 Å². The van der Waals surface area contributed by atoms with Crippen LogP contribution in [0.15, 0.2) is 28.8 Å². The van der Waals surface area contributed by atoms with Crippen LogP contribution >= 0.6 is 0 Å². The third kappa shape index (κ3) is 3.80.